The van der Waals surface area contributed by atoms with Crippen LogP contribution in [-0.2, 0) is 11.2 Å². The molecule has 2 aliphatic rings. The van der Waals surface area contributed by atoms with Crippen LogP contribution in [0, 0.1) is 19.8 Å². The van der Waals surface area contributed by atoms with Gasteiger partial charge in [0.15, 0.2) is 5.82 Å². The molecule has 5 rings (SSSR count). The summed E-state index contributed by atoms with van der Waals surface area (Å²) in [4.78, 5) is 26.5. The standard InChI is InChI=1S/C23H26N6O/c1-16-13-17(2)29(26-16)22-15-24-14-21(25-22)27-10-7-19(8-11-27)23(30)28-12-9-18-5-3-4-6-20(18)28/h3-6,13-15,19H,7-12H2,1-2H3. The van der Waals surface area contributed by atoms with Gasteiger partial charge in [0.05, 0.1) is 18.1 Å². The first-order valence-electron chi connectivity index (χ1n) is 10.6. The van der Waals surface area contributed by atoms with Gasteiger partial charge in [-0.2, -0.15) is 5.10 Å². The SMILES string of the molecule is Cc1cc(C)n(-c2cncc(N3CCC(C(=O)N4CCc5ccccc54)CC3)n2)n1. The summed E-state index contributed by atoms with van der Waals surface area (Å²) in [5.74, 6) is 1.91. The number of rotatable bonds is 3. The number of hydrogen-bond acceptors (Lipinski definition) is 5. The van der Waals surface area contributed by atoms with Gasteiger partial charge in [-0.1, -0.05) is 18.2 Å². The topological polar surface area (TPSA) is 67.2 Å². The fourth-order valence-electron chi connectivity index (χ4n) is 4.60. The first-order valence-corrected chi connectivity index (χ1v) is 10.6. The Hall–Kier alpha value is -3.22. The third-order valence-electron chi connectivity index (χ3n) is 6.16. The summed E-state index contributed by atoms with van der Waals surface area (Å²) in [6, 6.07) is 10.3. The Balaban J connectivity index is 1.27. The van der Waals surface area contributed by atoms with Crippen molar-refractivity contribution in [1.29, 1.82) is 0 Å². The van der Waals surface area contributed by atoms with Crippen LogP contribution in [0.4, 0.5) is 11.5 Å². The molecular formula is C23H26N6O. The Morgan fingerprint density at radius 2 is 1.80 bits per heavy atom. The van der Waals surface area contributed by atoms with Crippen LogP contribution in [0.5, 0.6) is 0 Å². The fourth-order valence-corrected chi connectivity index (χ4v) is 4.60. The maximum absolute atomic E-state index is 13.2. The Labute approximate surface area is 176 Å². The smallest absolute Gasteiger partial charge is 0.230 e. The molecule has 0 bridgehead atoms. The molecule has 0 radical (unpaired) electrons. The number of aryl methyl sites for hydroxylation is 2. The second kappa shape index (κ2) is 7.55. The van der Waals surface area contributed by atoms with Gasteiger partial charge in [0.2, 0.25) is 5.91 Å². The summed E-state index contributed by atoms with van der Waals surface area (Å²) in [7, 11) is 0. The summed E-state index contributed by atoms with van der Waals surface area (Å²) in [6.45, 7) is 6.40. The van der Waals surface area contributed by atoms with Crippen molar-refractivity contribution >= 4 is 17.4 Å². The van der Waals surface area contributed by atoms with Crippen LogP contribution in [0.15, 0.2) is 42.7 Å². The van der Waals surface area contributed by atoms with Crippen molar-refractivity contribution in [2.24, 2.45) is 5.92 Å². The Kier molecular flexibility index (Phi) is 4.73. The lowest BCUT2D eigenvalue weighted by atomic mass is 9.95. The largest absolute Gasteiger partial charge is 0.355 e. The molecule has 0 atom stereocenters. The number of carbonyl (C=O) groups is 1. The van der Waals surface area contributed by atoms with E-state index in [2.05, 4.69) is 27.1 Å². The lowest BCUT2D eigenvalue weighted by Gasteiger charge is -2.34. The van der Waals surface area contributed by atoms with E-state index in [0.29, 0.717) is 0 Å². The number of anilines is 2. The van der Waals surface area contributed by atoms with Gasteiger partial charge in [-0.05, 0) is 50.8 Å². The van der Waals surface area contributed by atoms with E-state index >= 15 is 0 Å². The molecule has 1 saturated heterocycles. The highest BCUT2D eigenvalue weighted by molar-refractivity contribution is 5.97. The molecule has 2 aromatic heterocycles. The van der Waals surface area contributed by atoms with Crippen molar-refractivity contribution in [1.82, 2.24) is 19.7 Å². The minimum absolute atomic E-state index is 0.0690. The quantitative estimate of drug-likeness (QED) is 0.674. The number of hydrogen-bond donors (Lipinski definition) is 0. The van der Waals surface area contributed by atoms with Gasteiger partial charge in [-0.15, -0.1) is 0 Å². The summed E-state index contributed by atoms with van der Waals surface area (Å²) in [6.07, 6.45) is 6.17. The molecule has 0 saturated carbocycles. The fraction of sp³-hybridized carbons (Fsp3) is 0.391. The number of carbonyl (C=O) groups excluding carboxylic acids is 1. The van der Waals surface area contributed by atoms with Crippen LogP contribution in [0.25, 0.3) is 5.82 Å². The molecule has 0 unspecified atom stereocenters. The van der Waals surface area contributed by atoms with Crippen LogP contribution >= 0.6 is 0 Å². The van der Waals surface area contributed by atoms with E-state index < -0.39 is 0 Å². The minimum atomic E-state index is 0.0690. The van der Waals surface area contributed by atoms with Crippen molar-refractivity contribution < 1.29 is 4.79 Å². The molecule has 3 aromatic rings. The van der Waals surface area contributed by atoms with Crippen molar-refractivity contribution in [2.45, 2.75) is 33.1 Å². The van der Waals surface area contributed by atoms with Gasteiger partial charge in [-0.3, -0.25) is 9.78 Å². The number of fused-ring (bicyclic) bond motifs is 1. The van der Waals surface area contributed by atoms with E-state index in [9.17, 15) is 4.79 Å². The van der Waals surface area contributed by atoms with Crippen LogP contribution in [0.2, 0.25) is 0 Å². The predicted molar refractivity (Wildman–Crippen MR) is 116 cm³/mol. The van der Waals surface area contributed by atoms with Crippen LogP contribution < -0.4 is 9.80 Å². The zero-order valence-corrected chi connectivity index (χ0v) is 17.5. The van der Waals surface area contributed by atoms with Crippen LogP contribution in [0.1, 0.15) is 29.8 Å². The summed E-state index contributed by atoms with van der Waals surface area (Å²) < 4.78 is 1.83. The van der Waals surface area contributed by atoms with Crippen molar-refractivity contribution in [3.05, 3.63) is 59.7 Å². The van der Waals surface area contributed by atoms with E-state index in [1.807, 2.05) is 41.6 Å². The van der Waals surface area contributed by atoms with E-state index in [4.69, 9.17) is 4.98 Å². The lowest BCUT2D eigenvalue weighted by Crippen LogP contribution is -2.42. The molecule has 2 aliphatic heterocycles. The summed E-state index contributed by atoms with van der Waals surface area (Å²) in [5, 5.41) is 4.51. The predicted octanol–water partition coefficient (Wildman–Crippen LogP) is 3.08. The van der Waals surface area contributed by atoms with Crippen LogP contribution in [0.3, 0.4) is 0 Å². The average molecular weight is 403 g/mol. The highest BCUT2D eigenvalue weighted by Crippen LogP contribution is 2.31. The molecular weight excluding hydrogens is 376 g/mol. The second-order valence-corrected chi connectivity index (χ2v) is 8.20. The van der Waals surface area contributed by atoms with E-state index in [1.165, 1.54) is 5.56 Å². The molecule has 7 nitrogen and oxygen atoms in total. The number of para-hydroxylation sites is 1. The van der Waals surface area contributed by atoms with Gasteiger partial charge in [0.25, 0.3) is 0 Å². The summed E-state index contributed by atoms with van der Waals surface area (Å²) in [5.41, 5.74) is 4.37. The Morgan fingerprint density at radius 1 is 1.03 bits per heavy atom. The van der Waals surface area contributed by atoms with Crippen molar-refractivity contribution in [3.63, 3.8) is 0 Å². The number of nitrogens with zero attached hydrogens (tertiary/aromatic N) is 6. The van der Waals surface area contributed by atoms with Gasteiger partial charge < -0.3 is 9.80 Å². The second-order valence-electron chi connectivity index (χ2n) is 8.20. The van der Waals surface area contributed by atoms with Gasteiger partial charge in [0, 0.05) is 36.9 Å². The first kappa shape index (κ1) is 18.8. The number of aromatic nitrogens is 4. The number of amides is 1. The molecule has 0 spiro atoms. The summed E-state index contributed by atoms with van der Waals surface area (Å²) >= 11 is 0. The van der Waals surface area contributed by atoms with Gasteiger partial charge in [-0.25, -0.2) is 9.67 Å². The third kappa shape index (κ3) is 3.34. The normalized spacial score (nSPS) is 16.7. The highest BCUT2D eigenvalue weighted by atomic mass is 16.2. The van der Waals surface area contributed by atoms with Gasteiger partial charge >= 0.3 is 0 Å². The molecule has 0 aliphatic carbocycles. The Bertz CT molecular complexity index is 1080. The lowest BCUT2D eigenvalue weighted by molar-refractivity contribution is -0.122. The molecule has 1 aromatic carbocycles. The van der Waals surface area contributed by atoms with Gasteiger partial charge in [0.1, 0.15) is 5.82 Å². The highest BCUT2D eigenvalue weighted by Gasteiger charge is 2.32. The maximum Gasteiger partial charge on any atom is 0.230 e. The molecule has 1 amide bonds. The minimum Gasteiger partial charge on any atom is -0.355 e. The first-order chi connectivity index (χ1) is 14.6. The zero-order chi connectivity index (χ0) is 20.7. The molecule has 154 valence electrons. The van der Waals surface area contributed by atoms with Crippen molar-refractivity contribution in [3.8, 4) is 5.82 Å². The molecule has 4 heterocycles. The van der Waals surface area contributed by atoms with E-state index in [-0.39, 0.29) is 11.8 Å². The molecule has 7 heteroatoms. The van der Waals surface area contributed by atoms with Crippen LogP contribution in [-0.4, -0.2) is 45.3 Å². The number of benzene rings is 1. The molecule has 1 fully saturated rings. The average Bonchev–Trinajstić information content (AvgIpc) is 3.36. The molecule has 0 N–H and O–H groups in total. The molecule has 30 heavy (non-hydrogen) atoms. The van der Waals surface area contributed by atoms with E-state index in [1.54, 1.807) is 12.4 Å². The van der Waals surface area contributed by atoms with E-state index in [0.717, 1.165) is 67.6 Å². The zero-order valence-electron chi connectivity index (χ0n) is 17.5. The maximum atomic E-state index is 13.2. The monoisotopic (exact) mass is 402 g/mol. The number of piperidine rings is 1. The van der Waals surface area contributed by atoms with Crippen molar-refractivity contribution in [2.75, 3.05) is 29.4 Å². The third-order valence-corrected chi connectivity index (χ3v) is 6.16. The Morgan fingerprint density at radius 3 is 2.57 bits per heavy atom.